The quantitative estimate of drug-likeness (QED) is 0.632. The van der Waals surface area contributed by atoms with E-state index < -0.39 is 0 Å². The molecule has 1 fully saturated rings. The van der Waals surface area contributed by atoms with Gasteiger partial charge in [-0.25, -0.2) is 4.79 Å². The molecule has 0 aromatic heterocycles. The monoisotopic (exact) mass is 143 g/mol. The predicted octanol–water partition coefficient (Wildman–Crippen LogP) is 1.28. The Bertz CT molecular complexity index is 141. The minimum absolute atomic E-state index is 0.0723. The molecule has 3 heteroatoms. The molecule has 0 bridgehead atoms. The third-order valence-electron chi connectivity index (χ3n) is 2.20. The summed E-state index contributed by atoms with van der Waals surface area (Å²) in [7, 11) is 0. The van der Waals surface area contributed by atoms with Gasteiger partial charge in [0, 0.05) is 0 Å². The van der Waals surface area contributed by atoms with E-state index in [1.54, 1.807) is 0 Å². The molecule has 58 valence electrons. The van der Waals surface area contributed by atoms with Crippen molar-refractivity contribution >= 4 is 6.09 Å². The van der Waals surface area contributed by atoms with Crippen molar-refractivity contribution in [2.24, 2.45) is 0 Å². The molecule has 1 aliphatic heterocycles. The number of alkyl carbamates (subject to hydrolysis) is 1. The lowest BCUT2D eigenvalue weighted by atomic mass is 9.95. The van der Waals surface area contributed by atoms with Gasteiger partial charge in [-0.15, -0.1) is 0 Å². The summed E-state index contributed by atoms with van der Waals surface area (Å²) in [5, 5.41) is 2.81. The van der Waals surface area contributed by atoms with Crippen LogP contribution in [0, 0.1) is 0 Å². The van der Waals surface area contributed by atoms with Crippen LogP contribution in [0.3, 0.4) is 0 Å². The van der Waals surface area contributed by atoms with Gasteiger partial charge in [0.25, 0.3) is 0 Å². The highest BCUT2D eigenvalue weighted by atomic mass is 16.6. The Hall–Kier alpha value is -0.730. The first-order chi connectivity index (χ1) is 4.72. The highest BCUT2D eigenvalue weighted by molar-refractivity contribution is 5.70. The fourth-order valence-corrected chi connectivity index (χ4v) is 1.12. The van der Waals surface area contributed by atoms with E-state index in [1.165, 1.54) is 0 Å². The Balaban J connectivity index is 2.59. The standard InChI is InChI=1S/C7H13NO2/c1-3-7(4-2)5-10-6(9)8-7/h3-5H2,1-2H3,(H,8,9). The summed E-state index contributed by atoms with van der Waals surface area (Å²) in [6, 6.07) is 0. The molecule has 1 amide bonds. The first-order valence-corrected chi connectivity index (χ1v) is 3.67. The number of hydrogen-bond donors (Lipinski definition) is 1. The summed E-state index contributed by atoms with van der Waals surface area (Å²) in [6.07, 6.45) is 1.61. The number of amides is 1. The second kappa shape index (κ2) is 2.48. The lowest BCUT2D eigenvalue weighted by molar-refractivity contribution is 0.171. The van der Waals surface area contributed by atoms with Crippen molar-refractivity contribution in [3.63, 3.8) is 0 Å². The van der Waals surface area contributed by atoms with Crippen LogP contribution in [-0.4, -0.2) is 18.2 Å². The Kier molecular flexibility index (Phi) is 1.83. The maximum absolute atomic E-state index is 10.6. The lowest BCUT2D eigenvalue weighted by Crippen LogP contribution is -2.41. The summed E-state index contributed by atoms with van der Waals surface area (Å²) in [6.45, 7) is 4.63. The summed E-state index contributed by atoms with van der Waals surface area (Å²) < 4.78 is 4.80. The van der Waals surface area contributed by atoms with Gasteiger partial charge < -0.3 is 10.1 Å². The molecule has 0 aliphatic carbocycles. The number of nitrogens with one attached hydrogen (secondary N) is 1. The summed E-state index contributed by atoms with van der Waals surface area (Å²) in [5.74, 6) is 0. The second-order valence-corrected chi connectivity index (χ2v) is 2.69. The van der Waals surface area contributed by atoms with Crippen LogP contribution in [-0.2, 0) is 4.74 Å². The molecule has 3 nitrogen and oxygen atoms in total. The third kappa shape index (κ3) is 1.08. The van der Waals surface area contributed by atoms with Crippen molar-refractivity contribution < 1.29 is 9.53 Å². The van der Waals surface area contributed by atoms with Gasteiger partial charge in [-0.3, -0.25) is 0 Å². The van der Waals surface area contributed by atoms with Crippen LogP contribution >= 0.6 is 0 Å². The van der Waals surface area contributed by atoms with Crippen LogP contribution in [0.4, 0.5) is 4.79 Å². The molecule has 0 radical (unpaired) electrons. The smallest absolute Gasteiger partial charge is 0.407 e. The number of rotatable bonds is 2. The number of carbonyl (C=O) groups excluding carboxylic acids is 1. The zero-order valence-electron chi connectivity index (χ0n) is 6.44. The van der Waals surface area contributed by atoms with Crippen molar-refractivity contribution in [3.05, 3.63) is 0 Å². The van der Waals surface area contributed by atoms with Gasteiger partial charge in [0.1, 0.15) is 6.61 Å². The van der Waals surface area contributed by atoms with Crippen LogP contribution in [0.2, 0.25) is 0 Å². The molecule has 0 spiro atoms. The first-order valence-electron chi connectivity index (χ1n) is 3.67. The van der Waals surface area contributed by atoms with E-state index in [-0.39, 0.29) is 11.6 Å². The van der Waals surface area contributed by atoms with Gasteiger partial charge in [0.05, 0.1) is 5.54 Å². The maximum Gasteiger partial charge on any atom is 0.407 e. The zero-order valence-corrected chi connectivity index (χ0v) is 6.44. The van der Waals surface area contributed by atoms with Crippen molar-refractivity contribution in [2.75, 3.05) is 6.61 Å². The third-order valence-corrected chi connectivity index (χ3v) is 2.20. The lowest BCUT2D eigenvalue weighted by Gasteiger charge is -2.21. The highest BCUT2D eigenvalue weighted by Crippen LogP contribution is 2.20. The van der Waals surface area contributed by atoms with E-state index in [0.717, 1.165) is 12.8 Å². The molecule has 1 aliphatic rings. The maximum atomic E-state index is 10.6. The van der Waals surface area contributed by atoms with Crippen molar-refractivity contribution in [1.29, 1.82) is 0 Å². The Morgan fingerprint density at radius 3 is 2.40 bits per heavy atom. The number of carbonyl (C=O) groups is 1. The first kappa shape index (κ1) is 7.38. The van der Waals surface area contributed by atoms with Crippen LogP contribution in [0.25, 0.3) is 0 Å². The van der Waals surface area contributed by atoms with Crippen LogP contribution in [0.5, 0.6) is 0 Å². The average Bonchev–Trinajstić information content (AvgIpc) is 2.33. The van der Waals surface area contributed by atoms with Gasteiger partial charge in [-0.1, -0.05) is 13.8 Å². The molecule has 0 atom stereocenters. The van der Waals surface area contributed by atoms with Crippen LogP contribution < -0.4 is 5.32 Å². The topological polar surface area (TPSA) is 38.3 Å². The highest BCUT2D eigenvalue weighted by Gasteiger charge is 2.35. The number of hydrogen-bond acceptors (Lipinski definition) is 2. The van der Waals surface area contributed by atoms with Crippen LogP contribution in [0.1, 0.15) is 26.7 Å². The van der Waals surface area contributed by atoms with Gasteiger partial charge in [-0.2, -0.15) is 0 Å². The van der Waals surface area contributed by atoms with Gasteiger partial charge in [-0.05, 0) is 12.8 Å². The van der Waals surface area contributed by atoms with E-state index in [0.29, 0.717) is 6.61 Å². The molecule has 1 rings (SSSR count). The number of cyclic esters (lactones) is 1. The van der Waals surface area contributed by atoms with E-state index in [2.05, 4.69) is 19.2 Å². The van der Waals surface area contributed by atoms with E-state index in [9.17, 15) is 4.79 Å². The van der Waals surface area contributed by atoms with Crippen molar-refractivity contribution in [3.8, 4) is 0 Å². The minimum Gasteiger partial charge on any atom is -0.447 e. The Labute approximate surface area is 60.7 Å². The average molecular weight is 143 g/mol. The summed E-state index contributed by atoms with van der Waals surface area (Å²) >= 11 is 0. The predicted molar refractivity (Wildman–Crippen MR) is 37.8 cm³/mol. The minimum atomic E-state index is -0.274. The number of ether oxygens (including phenoxy) is 1. The molecular formula is C7H13NO2. The normalized spacial score (nSPS) is 22.0. The molecule has 1 heterocycles. The fraction of sp³-hybridized carbons (Fsp3) is 0.857. The Morgan fingerprint density at radius 2 is 2.20 bits per heavy atom. The van der Waals surface area contributed by atoms with E-state index >= 15 is 0 Å². The molecule has 0 saturated carbocycles. The molecule has 0 aromatic carbocycles. The molecule has 1 N–H and O–H groups in total. The van der Waals surface area contributed by atoms with Gasteiger partial charge in [0.2, 0.25) is 0 Å². The SMILES string of the molecule is CCC1(CC)COC(=O)N1. The molecule has 0 unspecified atom stereocenters. The zero-order chi connectivity index (χ0) is 7.61. The van der Waals surface area contributed by atoms with E-state index in [1.807, 2.05) is 0 Å². The summed E-state index contributed by atoms with van der Waals surface area (Å²) in [5.41, 5.74) is -0.0723. The Morgan fingerprint density at radius 1 is 1.60 bits per heavy atom. The molecule has 1 saturated heterocycles. The molecule has 10 heavy (non-hydrogen) atoms. The van der Waals surface area contributed by atoms with E-state index in [4.69, 9.17) is 4.74 Å². The summed E-state index contributed by atoms with van der Waals surface area (Å²) in [4.78, 5) is 10.6. The molecular weight excluding hydrogens is 130 g/mol. The largest absolute Gasteiger partial charge is 0.447 e. The van der Waals surface area contributed by atoms with Crippen molar-refractivity contribution in [1.82, 2.24) is 5.32 Å². The fourth-order valence-electron chi connectivity index (χ4n) is 1.12. The van der Waals surface area contributed by atoms with Crippen LogP contribution in [0.15, 0.2) is 0 Å². The van der Waals surface area contributed by atoms with Gasteiger partial charge in [0.15, 0.2) is 0 Å². The van der Waals surface area contributed by atoms with Gasteiger partial charge >= 0.3 is 6.09 Å². The molecule has 0 aromatic rings. The second-order valence-electron chi connectivity index (χ2n) is 2.69. The van der Waals surface area contributed by atoms with Crippen molar-refractivity contribution in [2.45, 2.75) is 32.2 Å².